The lowest BCUT2D eigenvalue weighted by atomic mass is 10.1. The SMILES string of the molecule is CC1(C)C(=O)N(Br)C(=O)N1Br.CCCCc1ccc(Br)cc1.CCCCc1ccc(N2c3ccc(Br)cc3Oc3cc(Br)ccc32)cc1.CCCCc1ccc(N2c3ccccc3Oc3ccccc32)cc1.c1ccc2c(c1)Nc1ccccc1O2. The molecule has 0 unspecified atom stereocenters. The van der Waals surface area contributed by atoms with Crippen molar-refractivity contribution in [2.45, 2.75) is 97.9 Å². The van der Waals surface area contributed by atoms with Crippen molar-refractivity contribution in [1.82, 2.24) is 7.85 Å². The first-order valence-electron chi connectivity index (χ1n) is 29.0. The number of hydrogen-bond donors (Lipinski definition) is 1. The average Bonchev–Trinajstić information content (AvgIpc) is 1.79. The molecule has 1 fully saturated rings. The molecule has 9 aromatic carbocycles. The average molecular weight is 1470 g/mol. The van der Waals surface area contributed by atoms with Crippen LogP contribution in [0.25, 0.3) is 0 Å². The molecule has 10 nitrogen and oxygen atoms in total. The fraction of sp³-hybridized carbons (Fsp3) is 0.211. The lowest BCUT2D eigenvalue weighted by Crippen LogP contribution is -2.37. The van der Waals surface area contributed by atoms with Crippen LogP contribution in [0.2, 0.25) is 0 Å². The van der Waals surface area contributed by atoms with Gasteiger partial charge in [0.15, 0.2) is 34.5 Å². The Morgan fingerprint density at radius 2 is 0.744 bits per heavy atom. The molecule has 3 amide bonds. The standard InChI is InChI=1S/C22H19Br2NO.C22H21NO.C12H9NO.C10H13Br.C5H6Br2N2O2/c1-2-3-4-15-5-9-18(10-6-15)25-19-11-7-16(23)13-21(19)26-22-14-17(24)8-12-20(22)25;1-2-3-8-17-13-15-18(16-14-17)23-19-9-4-6-11-21(19)24-22-12-7-5-10-20(22)23;1-3-7-11-9(5-1)13-10-6-2-4-8-12(10)14-11;1-2-3-4-9-5-7-10(11)8-6-9;1-5(2)3(10)8(6)4(11)9(5)7/h5-14H,2-4H2,1H3;4-7,9-16H,2-3,8H2,1H3;1-8,13H;5-8H,2-4H2,1H3;1-2H3. The minimum absolute atomic E-state index is 0.278. The van der Waals surface area contributed by atoms with Gasteiger partial charge in [-0.1, -0.05) is 173 Å². The number of amides is 3. The van der Waals surface area contributed by atoms with Gasteiger partial charge in [-0.15, -0.1) is 0 Å². The first-order chi connectivity index (χ1) is 41.7. The van der Waals surface area contributed by atoms with Crippen molar-refractivity contribution in [1.29, 1.82) is 0 Å². The molecule has 1 saturated heterocycles. The molecule has 86 heavy (non-hydrogen) atoms. The van der Waals surface area contributed by atoms with Crippen molar-refractivity contribution in [3.63, 3.8) is 0 Å². The maximum Gasteiger partial charge on any atom is 0.348 e. The van der Waals surface area contributed by atoms with Crippen molar-refractivity contribution >= 4 is 138 Å². The molecule has 9 aromatic rings. The summed E-state index contributed by atoms with van der Waals surface area (Å²) in [7, 11) is 0. The predicted octanol–water partition coefficient (Wildman–Crippen LogP) is 23.7. The Kier molecular flexibility index (Phi) is 22.3. The Labute approximate surface area is 548 Å². The number of urea groups is 1. The third-order valence-electron chi connectivity index (χ3n) is 14.5. The van der Waals surface area contributed by atoms with E-state index in [9.17, 15) is 9.59 Å². The van der Waals surface area contributed by atoms with Crippen LogP contribution in [0.5, 0.6) is 34.5 Å². The van der Waals surface area contributed by atoms with E-state index in [-0.39, 0.29) is 5.91 Å². The highest BCUT2D eigenvalue weighted by molar-refractivity contribution is 9.11. The van der Waals surface area contributed by atoms with Gasteiger partial charge in [-0.05, 0) is 190 Å². The molecule has 442 valence electrons. The van der Waals surface area contributed by atoms with Crippen LogP contribution in [-0.2, 0) is 24.1 Å². The Hall–Kier alpha value is -6.88. The second kappa shape index (κ2) is 30.2. The van der Waals surface area contributed by atoms with Crippen molar-refractivity contribution < 1.29 is 23.8 Å². The van der Waals surface area contributed by atoms with E-state index < -0.39 is 11.6 Å². The Morgan fingerprint density at radius 3 is 1.12 bits per heavy atom. The van der Waals surface area contributed by atoms with Gasteiger partial charge in [0.05, 0.1) is 66.4 Å². The summed E-state index contributed by atoms with van der Waals surface area (Å²) in [6, 6.07) is 70.5. The molecular formula is C71H68Br5N5O5. The van der Waals surface area contributed by atoms with Crippen molar-refractivity contribution in [3.05, 3.63) is 236 Å². The number of carbonyl (C=O) groups excluding carboxylic acids is 2. The number of nitrogens with zero attached hydrogens (tertiary/aromatic N) is 4. The maximum atomic E-state index is 11.2. The molecule has 0 spiro atoms. The van der Waals surface area contributed by atoms with Crippen LogP contribution in [0.15, 0.2) is 220 Å². The molecule has 4 aliphatic rings. The molecule has 4 aliphatic heterocycles. The summed E-state index contributed by atoms with van der Waals surface area (Å²) < 4.78 is 23.2. The summed E-state index contributed by atoms with van der Waals surface area (Å²) in [4.78, 5) is 26.8. The zero-order chi connectivity index (χ0) is 60.7. The van der Waals surface area contributed by atoms with E-state index >= 15 is 0 Å². The first-order valence-corrected chi connectivity index (χ1v) is 32.8. The van der Waals surface area contributed by atoms with E-state index in [1.807, 2.05) is 84.9 Å². The molecule has 0 atom stereocenters. The number of para-hydroxylation sites is 8. The van der Waals surface area contributed by atoms with Gasteiger partial charge in [0.1, 0.15) is 5.54 Å². The fourth-order valence-corrected chi connectivity index (χ4v) is 11.8. The zero-order valence-corrected chi connectivity index (χ0v) is 56.6. The van der Waals surface area contributed by atoms with Crippen LogP contribution >= 0.6 is 80.1 Å². The van der Waals surface area contributed by atoms with E-state index in [1.54, 1.807) is 13.8 Å². The topological polar surface area (TPSA) is 86.8 Å². The second-order valence-corrected chi connectivity index (χ2v) is 25.4. The third-order valence-corrected chi connectivity index (χ3v) is 17.9. The van der Waals surface area contributed by atoms with Gasteiger partial charge in [0.25, 0.3) is 5.91 Å². The van der Waals surface area contributed by atoms with Gasteiger partial charge < -0.3 is 29.3 Å². The van der Waals surface area contributed by atoms with Gasteiger partial charge in [-0.25, -0.2) is 8.72 Å². The van der Waals surface area contributed by atoms with E-state index in [2.05, 4.69) is 237 Å². The number of carbonyl (C=O) groups is 2. The zero-order valence-electron chi connectivity index (χ0n) is 48.7. The molecule has 0 saturated carbocycles. The van der Waals surface area contributed by atoms with E-state index in [1.165, 1.54) is 71.2 Å². The van der Waals surface area contributed by atoms with E-state index in [0.29, 0.717) is 0 Å². The third kappa shape index (κ3) is 15.6. The van der Waals surface area contributed by atoms with Crippen molar-refractivity contribution in [2.24, 2.45) is 0 Å². The predicted molar refractivity (Wildman–Crippen MR) is 370 cm³/mol. The maximum absolute atomic E-state index is 11.2. The summed E-state index contributed by atoms with van der Waals surface area (Å²) in [5, 5.41) is 3.32. The molecule has 0 radical (unpaired) electrons. The fourth-order valence-electron chi connectivity index (χ4n) is 9.74. The summed E-state index contributed by atoms with van der Waals surface area (Å²) >= 11 is 16.4. The minimum atomic E-state index is -0.805. The summed E-state index contributed by atoms with van der Waals surface area (Å²) in [5.41, 5.74) is 12.0. The molecule has 0 aromatic heterocycles. The highest BCUT2D eigenvalue weighted by Gasteiger charge is 2.50. The molecule has 0 bridgehead atoms. The van der Waals surface area contributed by atoms with Crippen LogP contribution in [-0.4, -0.2) is 25.3 Å². The monoisotopic (exact) mass is 1470 g/mol. The summed E-state index contributed by atoms with van der Waals surface area (Å²) in [5.74, 6) is 4.97. The Bertz CT molecular complexity index is 3570. The molecular weight excluding hydrogens is 1400 g/mol. The van der Waals surface area contributed by atoms with Crippen molar-refractivity contribution in [3.8, 4) is 34.5 Å². The van der Waals surface area contributed by atoms with Crippen LogP contribution in [0.3, 0.4) is 0 Å². The number of imide groups is 1. The van der Waals surface area contributed by atoms with Gasteiger partial charge >= 0.3 is 6.03 Å². The number of nitrogens with one attached hydrogen (secondary N) is 1. The lowest BCUT2D eigenvalue weighted by Gasteiger charge is -2.33. The first kappa shape index (κ1) is 63.6. The number of aryl methyl sites for hydroxylation is 3. The molecule has 15 heteroatoms. The summed E-state index contributed by atoms with van der Waals surface area (Å²) in [6.45, 7) is 9.99. The Balaban J connectivity index is 0.000000135. The van der Waals surface area contributed by atoms with Crippen LogP contribution in [0, 0.1) is 0 Å². The van der Waals surface area contributed by atoms with Gasteiger partial charge in [0.2, 0.25) is 0 Å². The van der Waals surface area contributed by atoms with Gasteiger partial charge in [0, 0.05) is 24.8 Å². The van der Waals surface area contributed by atoms with Crippen molar-refractivity contribution in [2.75, 3.05) is 15.1 Å². The lowest BCUT2D eigenvalue weighted by molar-refractivity contribution is -0.127. The van der Waals surface area contributed by atoms with Gasteiger partial charge in [-0.2, -0.15) is 3.93 Å². The number of halogens is 5. The Morgan fingerprint density at radius 1 is 0.407 bits per heavy atom. The van der Waals surface area contributed by atoms with Crippen LogP contribution < -0.4 is 29.3 Å². The van der Waals surface area contributed by atoms with Crippen LogP contribution in [0.4, 0.5) is 50.3 Å². The number of ether oxygens (including phenoxy) is 3. The number of hydrogen-bond acceptors (Lipinski definition) is 8. The molecule has 1 N–H and O–H groups in total. The number of rotatable bonds is 11. The smallest absolute Gasteiger partial charge is 0.348 e. The number of unbranched alkanes of at least 4 members (excludes halogenated alkanes) is 3. The number of fused-ring (bicyclic) bond motifs is 6. The summed E-state index contributed by atoms with van der Waals surface area (Å²) in [6.07, 6.45) is 11.0. The van der Waals surface area contributed by atoms with Gasteiger partial charge in [-0.3, -0.25) is 4.79 Å². The van der Waals surface area contributed by atoms with Crippen LogP contribution in [0.1, 0.15) is 89.8 Å². The largest absolute Gasteiger partial charge is 0.453 e. The molecule has 0 aliphatic carbocycles. The van der Waals surface area contributed by atoms with E-state index in [0.717, 1.165) is 104 Å². The highest BCUT2D eigenvalue weighted by Crippen LogP contribution is 2.53. The number of benzene rings is 9. The van der Waals surface area contributed by atoms with E-state index in [4.69, 9.17) is 14.2 Å². The molecule has 4 heterocycles. The molecule has 13 rings (SSSR count). The normalized spacial score (nSPS) is 13.4. The highest BCUT2D eigenvalue weighted by atomic mass is 79.9. The number of anilines is 8. The quantitative estimate of drug-likeness (QED) is 0.101. The second-order valence-electron chi connectivity index (χ2n) is 21.2. The minimum Gasteiger partial charge on any atom is -0.453 e.